The molecule has 4 heteroatoms. The zero-order valence-electron chi connectivity index (χ0n) is 6.92. The van der Waals surface area contributed by atoms with Gasteiger partial charge in [-0.1, -0.05) is 17.7 Å². The third-order valence-corrected chi connectivity index (χ3v) is 1.90. The molecule has 1 aromatic rings. The van der Waals surface area contributed by atoms with Crippen molar-refractivity contribution in [1.82, 2.24) is 0 Å². The van der Waals surface area contributed by atoms with E-state index >= 15 is 0 Å². The van der Waals surface area contributed by atoms with E-state index in [0.29, 0.717) is 0 Å². The number of hydrogen-bond acceptors (Lipinski definition) is 2. The molecule has 13 heavy (non-hydrogen) atoms. The number of benzene rings is 1. The first kappa shape index (κ1) is 10.2. The van der Waals surface area contributed by atoms with Gasteiger partial charge in [-0.2, -0.15) is 0 Å². The topological polar surface area (TPSA) is 37.3 Å². The molecule has 0 saturated carbocycles. The standard InChI is InChI=1S/C9H8ClFO2/c1-5(12)9(13)8-6(10)3-2-4-7(8)11/h2-5,12H,1H3. The fraction of sp³-hybridized carbons (Fsp3) is 0.222. The van der Waals surface area contributed by atoms with Crippen molar-refractivity contribution >= 4 is 17.4 Å². The predicted molar refractivity (Wildman–Crippen MR) is 47.4 cm³/mol. The van der Waals surface area contributed by atoms with Gasteiger partial charge in [-0.25, -0.2) is 4.39 Å². The molecule has 1 rings (SSSR count). The van der Waals surface area contributed by atoms with Crippen molar-refractivity contribution in [2.45, 2.75) is 13.0 Å². The van der Waals surface area contributed by atoms with Crippen LogP contribution in [0.2, 0.25) is 5.02 Å². The van der Waals surface area contributed by atoms with Gasteiger partial charge in [0.2, 0.25) is 0 Å². The van der Waals surface area contributed by atoms with Gasteiger partial charge in [0.15, 0.2) is 5.78 Å². The molecule has 0 bridgehead atoms. The monoisotopic (exact) mass is 202 g/mol. The Morgan fingerprint density at radius 1 is 1.62 bits per heavy atom. The summed E-state index contributed by atoms with van der Waals surface area (Å²) in [5.74, 6) is -1.42. The molecule has 0 aliphatic rings. The number of rotatable bonds is 2. The summed E-state index contributed by atoms with van der Waals surface area (Å²) >= 11 is 5.60. The molecule has 70 valence electrons. The third-order valence-electron chi connectivity index (χ3n) is 1.59. The fourth-order valence-electron chi connectivity index (χ4n) is 0.942. The molecule has 0 spiro atoms. The van der Waals surface area contributed by atoms with Crippen molar-refractivity contribution in [3.05, 3.63) is 34.6 Å². The van der Waals surface area contributed by atoms with Crippen LogP contribution in [0.15, 0.2) is 18.2 Å². The van der Waals surface area contributed by atoms with Crippen molar-refractivity contribution in [2.75, 3.05) is 0 Å². The highest BCUT2D eigenvalue weighted by Crippen LogP contribution is 2.20. The van der Waals surface area contributed by atoms with Crippen molar-refractivity contribution in [3.8, 4) is 0 Å². The number of aliphatic hydroxyl groups excluding tert-OH is 1. The number of hydrogen-bond donors (Lipinski definition) is 1. The Morgan fingerprint density at radius 3 is 2.69 bits per heavy atom. The summed E-state index contributed by atoms with van der Waals surface area (Å²) in [6.45, 7) is 1.27. The van der Waals surface area contributed by atoms with E-state index in [1.54, 1.807) is 0 Å². The molecule has 0 amide bonds. The molecule has 0 aliphatic carbocycles. The molecule has 1 unspecified atom stereocenters. The van der Waals surface area contributed by atoms with Crippen molar-refractivity contribution in [3.63, 3.8) is 0 Å². The number of aliphatic hydroxyl groups is 1. The summed E-state index contributed by atoms with van der Waals surface area (Å²) in [5, 5.41) is 8.97. The first-order chi connectivity index (χ1) is 6.04. The van der Waals surface area contributed by atoms with E-state index in [2.05, 4.69) is 0 Å². The van der Waals surface area contributed by atoms with E-state index in [1.165, 1.54) is 19.1 Å². The Balaban J connectivity index is 3.20. The van der Waals surface area contributed by atoms with Gasteiger partial charge in [-0.15, -0.1) is 0 Å². The molecule has 0 saturated heterocycles. The summed E-state index contributed by atoms with van der Waals surface area (Å²) in [6.07, 6.45) is -1.24. The number of carbonyl (C=O) groups excluding carboxylic acids is 1. The summed E-state index contributed by atoms with van der Waals surface area (Å²) in [6, 6.07) is 3.93. The zero-order chi connectivity index (χ0) is 10.0. The minimum Gasteiger partial charge on any atom is -0.385 e. The lowest BCUT2D eigenvalue weighted by atomic mass is 10.1. The highest BCUT2D eigenvalue weighted by Gasteiger charge is 2.19. The Morgan fingerprint density at radius 2 is 2.23 bits per heavy atom. The highest BCUT2D eigenvalue weighted by atomic mass is 35.5. The van der Waals surface area contributed by atoms with Crippen LogP contribution in [0.25, 0.3) is 0 Å². The minimum atomic E-state index is -1.24. The van der Waals surface area contributed by atoms with E-state index in [4.69, 9.17) is 16.7 Å². The molecule has 0 fully saturated rings. The second-order valence-electron chi connectivity index (χ2n) is 2.64. The van der Waals surface area contributed by atoms with Crippen LogP contribution in [0.4, 0.5) is 4.39 Å². The Bertz CT molecular complexity index is 316. The maximum absolute atomic E-state index is 13.0. The third kappa shape index (κ3) is 2.05. The summed E-state index contributed by atoms with van der Waals surface area (Å²) < 4.78 is 13.0. The maximum atomic E-state index is 13.0. The van der Waals surface area contributed by atoms with Crippen LogP contribution in [-0.2, 0) is 0 Å². The van der Waals surface area contributed by atoms with Gasteiger partial charge in [0.1, 0.15) is 11.9 Å². The van der Waals surface area contributed by atoms with Gasteiger partial charge < -0.3 is 5.11 Å². The lowest BCUT2D eigenvalue weighted by Gasteiger charge is -2.06. The number of Topliss-reactive ketones (excluding diaryl/α,β-unsaturated/α-hetero) is 1. The lowest BCUT2D eigenvalue weighted by Crippen LogP contribution is -2.18. The maximum Gasteiger partial charge on any atom is 0.195 e. The predicted octanol–water partition coefficient (Wildman–Crippen LogP) is 2.04. The summed E-state index contributed by atoms with van der Waals surface area (Å²) in [4.78, 5) is 11.2. The fourth-order valence-corrected chi connectivity index (χ4v) is 1.20. The van der Waals surface area contributed by atoms with E-state index in [9.17, 15) is 9.18 Å². The molecule has 0 radical (unpaired) electrons. The summed E-state index contributed by atoms with van der Waals surface area (Å²) in [7, 11) is 0. The molecule has 0 aromatic heterocycles. The Labute approximate surface area is 80.0 Å². The van der Waals surface area contributed by atoms with Crippen LogP contribution in [0.1, 0.15) is 17.3 Å². The quantitative estimate of drug-likeness (QED) is 0.746. The van der Waals surface area contributed by atoms with Gasteiger partial charge in [0.25, 0.3) is 0 Å². The number of halogens is 2. The van der Waals surface area contributed by atoms with Crippen molar-refractivity contribution < 1.29 is 14.3 Å². The number of ketones is 1. The first-order valence-electron chi connectivity index (χ1n) is 3.70. The molecule has 1 aromatic carbocycles. The average molecular weight is 203 g/mol. The Hall–Kier alpha value is -0.930. The largest absolute Gasteiger partial charge is 0.385 e. The van der Waals surface area contributed by atoms with Gasteiger partial charge in [0.05, 0.1) is 10.6 Å². The number of carbonyl (C=O) groups is 1. The van der Waals surface area contributed by atoms with Crippen LogP contribution in [0.3, 0.4) is 0 Å². The molecule has 0 aliphatic heterocycles. The molecule has 1 N–H and O–H groups in total. The highest BCUT2D eigenvalue weighted by molar-refractivity contribution is 6.34. The lowest BCUT2D eigenvalue weighted by molar-refractivity contribution is 0.0775. The van der Waals surface area contributed by atoms with E-state index < -0.39 is 17.7 Å². The molecule has 1 atom stereocenters. The second-order valence-corrected chi connectivity index (χ2v) is 3.04. The molecular weight excluding hydrogens is 195 g/mol. The van der Waals surface area contributed by atoms with Gasteiger partial charge in [-0.3, -0.25) is 4.79 Å². The first-order valence-corrected chi connectivity index (χ1v) is 4.08. The molecule has 2 nitrogen and oxygen atoms in total. The van der Waals surface area contributed by atoms with E-state index in [1.807, 2.05) is 0 Å². The zero-order valence-corrected chi connectivity index (χ0v) is 7.68. The van der Waals surface area contributed by atoms with Gasteiger partial charge >= 0.3 is 0 Å². The molecular formula is C9H8ClFO2. The van der Waals surface area contributed by atoms with Gasteiger partial charge in [0, 0.05) is 0 Å². The second kappa shape index (κ2) is 3.85. The minimum absolute atomic E-state index is 0.0194. The van der Waals surface area contributed by atoms with Crippen molar-refractivity contribution in [2.24, 2.45) is 0 Å². The normalized spacial score (nSPS) is 12.6. The van der Waals surface area contributed by atoms with E-state index in [0.717, 1.165) is 6.07 Å². The summed E-state index contributed by atoms with van der Waals surface area (Å²) in [5.41, 5.74) is -0.251. The van der Waals surface area contributed by atoms with Crippen LogP contribution < -0.4 is 0 Å². The van der Waals surface area contributed by atoms with Crippen LogP contribution in [-0.4, -0.2) is 17.0 Å². The van der Waals surface area contributed by atoms with Crippen LogP contribution in [0.5, 0.6) is 0 Å². The van der Waals surface area contributed by atoms with Crippen LogP contribution >= 0.6 is 11.6 Å². The van der Waals surface area contributed by atoms with Crippen molar-refractivity contribution in [1.29, 1.82) is 0 Å². The average Bonchev–Trinajstić information content (AvgIpc) is 2.03. The van der Waals surface area contributed by atoms with Crippen LogP contribution in [0, 0.1) is 5.82 Å². The Kier molecular flexibility index (Phi) is 3.01. The van der Waals surface area contributed by atoms with E-state index in [-0.39, 0.29) is 10.6 Å². The molecule has 0 heterocycles. The smallest absolute Gasteiger partial charge is 0.195 e. The SMILES string of the molecule is CC(O)C(=O)c1c(F)cccc1Cl. The van der Waals surface area contributed by atoms with Gasteiger partial charge in [-0.05, 0) is 19.1 Å².